The predicted molar refractivity (Wildman–Crippen MR) is 151 cm³/mol. The lowest BCUT2D eigenvalue weighted by Gasteiger charge is -2.20. The first kappa shape index (κ1) is 29.0. The molecule has 0 bridgehead atoms. The van der Waals surface area contributed by atoms with Crippen LogP contribution in [0.1, 0.15) is 47.8 Å². The van der Waals surface area contributed by atoms with Gasteiger partial charge in [-0.05, 0) is 67.8 Å². The number of benzene rings is 3. The lowest BCUT2D eigenvalue weighted by atomic mass is 10.0. The highest BCUT2D eigenvalue weighted by molar-refractivity contribution is 6.35. The zero-order chi connectivity index (χ0) is 27.7. The molecule has 200 valence electrons. The van der Waals surface area contributed by atoms with E-state index < -0.39 is 11.9 Å². The molecule has 1 atom stereocenters. The van der Waals surface area contributed by atoms with Crippen LogP contribution in [-0.4, -0.2) is 30.7 Å². The average Bonchev–Trinajstić information content (AvgIpc) is 2.88. The van der Waals surface area contributed by atoms with E-state index in [-0.39, 0.29) is 18.4 Å². The maximum absolute atomic E-state index is 12.8. The summed E-state index contributed by atoms with van der Waals surface area (Å²) in [5.74, 6) is 0.187. The molecule has 0 fully saturated rings. The Hall–Kier alpha value is -3.55. The van der Waals surface area contributed by atoms with Crippen LogP contribution >= 0.6 is 23.2 Å². The molecule has 0 heterocycles. The Bertz CT molecular complexity index is 1290. The van der Waals surface area contributed by atoms with E-state index in [1.807, 2.05) is 45.9 Å². The third kappa shape index (κ3) is 8.23. The minimum atomic E-state index is -0.754. The van der Waals surface area contributed by atoms with E-state index in [4.69, 9.17) is 32.7 Å². The van der Waals surface area contributed by atoms with Crippen LogP contribution in [-0.2, 0) is 11.4 Å². The van der Waals surface area contributed by atoms with Crippen molar-refractivity contribution in [1.82, 2.24) is 10.7 Å². The fourth-order valence-corrected chi connectivity index (χ4v) is 3.95. The molecule has 0 saturated carbocycles. The molecule has 0 aliphatic heterocycles. The summed E-state index contributed by atoms with van der Waals surface area (Å²) in [5, 5.41) is 7.94. The molecule has 3 rings (SSSR count). The van der Waals surface area contributed by atoms with Gasteiger partial charge in [0.1, 0.15) is 12.6 Å². The van der Waals surface area contributed by atoms with Gasteiger partial charge in [0.15, 0.2) is 11.5 Å². The molecule has 0 aromatic heterocycles. The highest BCUT2D eigenvalue weighted by atomic mass is 35.5. The summed E-state index contributed by atoms with van der Waals surface area (Å²) < 4.78 is 11.7. The number of rotatable bonds is 11. The Labute approximate surface area is 233 Å². The average molecular weight is 556 g/mol. The first-order valence-electron chi connectivity index (χ1n) is 12.2. The largest absolute Gasteiger partial charge is 0.490 e. The summed E-state index contributed by atoms with van der Waals surface area (Å²) >= 11 is 12.2. The van der Waals surface area contributed by atoms with E-state index in [9.17, 15) is 9.59 Å². The van der Waals surface area contributed by atoms with Gasteiger partial charge in [-0.15, -0.1) is 0 Å². The lowest BCUT2D eigenvalue weighted by molar-refractivity contribution is -0.123. The van der Waals surface area contributed by atoms with E-state index in [0.29, 0.717) is 39.3 Å². The van der Waals surface area contributed by atoms with Crippen molar-refractivity contribution in [2.45, 2.75) is 40.3 Å². The summed E-state index contributed by atoms with van der Waals surface area (Å²) in [6, 6.07) is 16.9. The van der Waals surface area contributed by atoms with Crippen molar-refractivity contribution in [3.63, 3.8) is 0 Å². The van der Waals surface area contributed by atoms with Crippen molar-refractivity contribution in [2.75, 3.05) is 6.61 Å². The number of aryl methyl sites for hydroxylation is 1. The molecule has 38 heavy (non-hydrogen) atoms. The van der Waals surface area contributed by atoms with Gasteiger partial charge in [0.2, 0.25) is 0 Å². The summed E-state index contributed by atoms with van der Waals surface area (Å²) in [4.78, 5) is 25.4. The highest BCUT2D eigenvalue weighted by Crippen LogP contribution is 2.30. The topological polar surface area (TPSA) is 89.0 Å². The standard InChI is InChI=1S/C29H31Cl2N3O4/c1-5-37-26-14-20(8-13-25(26)38-17-22-11-12-23(30)15-24(22)31)16-32-34-29(36)27(18(2)3)33-28(35)21-9-6-19(4)7-10-21/h6-16,18,27H,5,17H2,1-4H3,(H,33,35)(H,34,36). The SMILES string of the molecule is CCOc1cc(C=NNC(=O)C(NC(=O)c2ccc(C)cc2)C(C)C)ccc1OCc1ccc(Cl)cc1Cl. The Morgan fingerprint density at radius 3 is 2.37 bits per heavy atom. The number of hydrogen-bond donors (Lipinski definition) is 2. The normalized spacial score (nSPS) is 11.9. The predicted octanol–water partition coefficient (Wildman–Crippen LogP) is 6.18. The molecule has 0 radical (unpaired) electrons. The number of amides is 2. The third-order valence-corrected chi connectivity index (χ3v) is 6.19. The number of ether oxygens (including phenoxy) is 2. The van der Waals surface area contributed by atoms with Crippen molar-refractivity contribution in [3.8, 4) is 11.5 Å². The second-order valence-electron chi connectivity index (χ2n) is 8.96. The van der Waals surface area contributed by atoms with E-state index in [0.717, 1.165) is 11.1 Å². The molecule has 1 unspecified atom stereocenters. The Kier molecular flexibility index (Phi) is 10.6. The zero-order valence-electron chi connectivity index (χ0n) is 21.8. The van der Waals surface area contributed by atoms with E-state index in [1.54, 1.807) is 42.5 Å². The fourth-order valence-electron chi connectivity index (χ4n) is 3.49. The number of carbonyl (C=O) groups excluding carboxylic acids is 2. The molecule has 0 aliphatic carbocycles. The number of nitrogens with zero attached hydrogens (tertiary/aromatic N) is 1. The van der Waals surface area contributed by atoms with E-state index in [2.05, 4.69) is 15.8 Å². The van der Waals surface area contributed by atoms with Gasteiger partial charge in [-0.25, -0.2) is 5.43 Å². The Morgan fingerprint density at radius 2 is 1.71 bits per heavy atom. The van der Waals surface area contributed by atoms with Crippen LogP contribution in [0.15, 0.2) is 65.8 Å². The van der Waals surface area contributed by atoms with Gasteiger partial charge in [-0.3, -0.25) is 9.59 Å². The second-order valence-corrected chi connectivity index (χ2v) is 9.80. The van der Waals surface area contributed by atoms with Gasteiger partial charge >= 0.3 is 0 Å². The van der Waals surface area contributed by atoms with Gasteiger partial charge in [0, 0.05) is 21.2 Å². The van der Waals surface area contributed by atoms with Gasteiger partial charge in [-0.2, -0.15) is 5.10 Å². The highest BCUT2D eigenvalue weighted by Gasteiger charge is 2.24. The summed E-state index contributed by atoms with van der Waals surface area (Å²) in [7, 11) is 0. The van der Waals surface area contributed by atoms with Crippen LogP contribution in [0.3, 0.4) is 0 Å². The number of halogens is 2. The van der Waals surface area contributed by atoms with Crippen LogP contribution in [0, 0.1) is 12.8 Å². The first-order valence-corrected chi connectivity index (χ1v) is 13.0. The molecule has 2 N–H and O–H groups in total. The molecule has 0 spiro atoms. The van der Waals surface area contributed by atoms with E-state index in [1.165, 1.54) is 6.21 Å². The molecule has 3 aromatic carbocycles. The van der Waals surface area contributed by atoms with Crippen LogP contribution in [0.4, 0.5) is 0 Å². The fraction of sp³-hybridized carbons (Fsp3) is 0.276. The molecule has 7 nitrogen and oxygen atoms in total. The molecule has 0 aliphatic rings. The quantitative estimate of drug-likeness (QED) is 0.218. The molecular formula is C29H31Cl2N3O4. The van der Waals surface area contributed by atoms with Gasteiger partial charge in [0.25, 0.3) is 11.8 Å². The maximum Gasteiger partial charge on any atom is 0.262 e. The number of hydrazone groups is 1. The van der Waals surface area contributed by atoms with Gasteiger partial charge in [-0.1, -0.05) is 60.8 Å². The summed E-state index contributed by atoms with van der Waals surface area (Å²) in [5.41, 5.74) is 5.54. The number of carbonyl (C=O) groups is 2. The molecular weight excluding hydrogens is 525 g/mol. The summed E-state index contributed by atoms with van der Waals surface area (Å²) in [6.07, 6.45) is 1.50. The first-order chi connectivity index (χ1) is 18.2. The van der Waals surface area contributed by atoms with Crippen molar-refractivity contribution in [1.29, 1.82) is 0 Å². The Balaban J connectivity index is 1.64. The van der Waals surface area contributed by atoms with Crippen LogP contribution < -0.4 is 20.2 Å². The lowest BCUT2D eigenvalue weighted by Crippen LogP contribution is -2.48. The van der Waals surface area contributed by atoms with Crippen molar-refractivity contribution in [2.24, 2.45) is 11.0 Å². The minimum absolute atomic E-state index is 0.144. The van der Waals surface area contributed by atoms with Gasteiger partial charge < -0.3 is 14.8 Å². The minimum Gasteiger partial charge on any atom is -0.490 e. The van der Waals surface area contributed by atoms with E-state index >= 15 is 0 Å². The van der Waals surface area contributed by atoms with Crippen molar-refractivity contribution < 1.29 is 19.1 Å². The maximum atomic E-state index is 12.8. The van der Waals surface area contributed by atoms with Crippen molar-refractivity contribution >= 4 is 41.2 Å². The molecule has 3 aromatic rings. The zero-order valence-corrected chi connectivity index (χ0v) is 23.3. The van der Waals surface area contributed by atoms with Crippen LogP contribution in [0.25, 0.3) is 0 Å². The summed E-state index contributed by atoms with van der Waals surface area (Å²) in [6.45, 7) is 8.20. The molecule has 0 saturated heterocycles. The second kappa shape index (κ2) is 13.8. The monoisotopic (exact) mass is 555 g/mol. The number of hydrogen-bond acceptors (Lipinski definition) is 5. The van der Waals surface area contributed by atoms with Crippen LogP contribution in [0.2, 0.25) is 10.0 Å². The molecule has 9 heteroatoms. The third-order valence-electron chi connectivity index (χ3n) is 5.60. The Morgan fingerprint density at radius 1 is 0.974 bits per heavy atom. The molecule has 2 amide bonds. The van der Waals surface area contributed by atoms with Crippen LogP contribution in [0.5, 0.6) is 11.5 Å². The smallest absolute Gasteiger partial charge is 0.262 e. The van der Waals surface area contributed by atoms with Crippen molar-refractivity contribution in [3.05, 3.63) is 93.0 Å². The van der Waals surface area contributed by atoms with Gasteiger partial charge in [0.05, 0.1) is 12.8 Å². The number of nitrogens with one attached hydrogen (secondary N) is 2.